The van der Waals surface area contributed by atoms with Crippen LogP contribution in [0.2, 0.25) is 0 Å². The molecule has 0 amide bonds. The van der Waals surface area contributed by atoms with Crippen LogP contribution >= 0.6 is 27.5 Å². The van der Waals surface area contributed by atoms with Crippen molar-refractivity contribution in [3.63, 3.8) is 0 Å². The zero-order chi connectivity index (χ0) is 12.3. The SMILES string of the molecule is CC(Cl)C(=O)c1cccc(OC(F)F)c1Br. The number of carbonyl (C=O) groups excluding carboxylic acids is 1. The first-order chi connectivity index (χ1) is 7.43. The number of rotatable bonds is 4. The average molecular weight is 314 g/mol. The molecule has 1 atom stereocenters. The predicted molar refractivity (Wildman–Crippen MR) is 60.4 cm³/mol. The van der Waals surface area contributed by atoms with Crippen LogP contribution in [-0.2, 0) is 0 Å². The van der Waals surface area contributed by atoms with Gasteiger partial charge in [0, 0.05) is 5.56 Å². The van der Waals surface area contributed by atoms with Crippen molar-refractivity contribution in [2.45, 2.75) is 18.9 Å². The van der Waals surface area contributed by atoms with Gasteiger partial charge in [-0.15, -0.1) is 11.6 Å². The second-order valence-corrected chi connectivity index (χ2v) is 4.42. The number of Topliss-reactive ketones (excluding diaryl/α,β-unsaturated/α-hetero) is 1. The Morgan fingerprint density at radius 1 is 1.50 bits per heavy atom. The lowest BCUT2D eigenvalue weighted by molar-refractivity contribution is -0.0504. The molecule has 0 fully saturated rings. The predicted octanol–water partition coefficient (Wildman–Crippen LogP) is 3.86. The summed E-state index contributed by atoms with van der Waals surface area (Å²) in [6.45, 7) is -1.42. The Bertz CT molecular complexity index is 396. The fourth-order valence-electron chi connectivity index (χ4n) is 1.10. The van der Waals surface area contributed by atoms with Crippen LogP contribution in [0.25, 0.3) is 0 Å². The van der Waals surface area contributed by atoms with Crippen LogP contribution in [0, 0.1) is 0 Å². The van der Waals surface area contributed by atoms with Gasteiger partial charge in [0.05, 0.1) is 9.85 Å². The molecule has 0 aliphatic heterocycles. The number of hydrogen-bond donors (Lipinski definition) is 0. The van der Waals surface area contributed by atoms with E-state index in [4.69, 9.17) is 11.6 Å². The van der Waals surface area contributed by atoms with E-state index in [0.29, 0.717) is 0 Å². The fourth-order valence-corrected chi connectivity index (χ4v) is 1.77. The molecule has 16 heavy (non-hydrogen) atoms. The Hall–Kier alpha value is -0.680. The molecule has 0 aliphatic rings. The van der Waals surface area contributed by atoms with Crippen LogP contribution in [0.15, 0.2) is 22.7 Å². The van der Waals surface area contributed by atoms with Crippen molar-refractivity contribution in [2.75, 3.05) is 0 Å². The minimum atomic E-state index is -2.94. The number of ether oxygens (including phenoxy) is 1. The number of hydrogen-bond acceptors (Lipinski definition) is 2. The maximum absolute atomic E-state index is 12.0. The lowest BCUT2D eigenvalue weighted by Crippen LogP contribution is -2.12. The van der Waals surface area contributed by atoms with E-state index in [9.17, 15) is 13.6 Å². The molecule has 2 nitrogen and oxygen atoms in total. The Kier molecular flexibility index (Phi) is 4.68. The maximum atomic E-state index is 12.0. The minimum Gasteiger partial charge on any atom is -0.434 e. The summed E-state index contributed by atoms with van der Waals surface area (Å²) >= 11 is 8.67. The van der Waals surface area contributed by atoms with Crippen molar-refractivity contribution >= 4 is 33.3 Å². The van der Waals surface area contributed by atoms with Crippen LogP contribution < -0.4 is 4.74 Å². The molecule has 1 unspecified atom stereocenters. The molecular weight excluding hydrogens is 305 g/mol. The second-order valence-electron chi connectivity index (χ2n) is 2.98. The molecule has 1 rings (SSSR count). The van der Waals surface area contributed by atoms with E-state index in [1.54, 1.807) is 0 Å². The average Bonchev–Trinajstić information content (AvgIpc) is 2.19. The van der Waals surface area contributed by atoms with Gasteiger partial charge in [-0.25, -0.2) is 0 Å². The minimum absolute atomic E-state index is 0.0850. The molecule has 0 bridgehead atoms. The van der Waals surface area contributed by atoms with E-state index in [1.807, 2.05) is 0 Å². The van der Waals surface area contributed by atoms with Crippen molar-refractivity contribution in [2.24, 2.45) is 0 Å². The van der Waals surface area contributed by atoms with Crippen molar-refractivity contribution in [3.05, 3.63) is 28.2 Å². The molecule has 6 heteroatoms. The standard InChI is InChI=1S/C10H8BrClF2O2/c1-5(12)9(15)6-3-2-4-7(8(6)11)16-10(13)14/h2-5,10H,1H3. The Labute approximate surface area is 105 Å². The first kappa shape index (κ1) is 13.4. The highest BCUT2D eigenvalue weighted by atomic mass is 79.9. The number of ketones is 1. The van der Waals surface area contributed by atoms with E-state index < -0.39 is 12.0 Å². The largest absolute Gasteiger partial charge is 0.434 e. The van der Waals surface area contributed by atoms with Gasteiger partial charge >= 0.3 is 6.61 Å². The molecule has 1 aromatic rings. The molecule has 88 valence electrons. The Morgan fingerprint density at radius 3 is 2.62 bits per heavy atom. The van der Waals surface area contributed by atoms with Crippen LogP contribution in [0.4, 0.5) is 8.78 Å². The summed E-state index contributed by atoms with van der Waals surface area (Å²) in [5.41, 5.74) is 0.223. The molecule has 0 aliphatic carbocycles. The van der Waals surface area contributed by atoms with E-state index in [0.717, 1.165) is 0 Å². The number of carbonyl (C=O) groups is 1. The van der Waals surface area contributed by atoms with Crippen LogP contribution in [0.5, 0.6) is 5.75 Å². The summed E-state index contributed by atoms with van der Waals surface area (Å²) in [5, 5.41) is -0.724. The van der Waals surface area contributed by atoms with E-state index >= 15 is 0 Å². The van der Waals surface area contributed by atoms with E-state index in [-0.39, 0.29) is 21.6 Å². The zero-order valence-corrected chi connectivity index (χ0v) is 10.6. The molecule has 0 aromatic heterocycles. The summed E-state index contributed by atoms with van der Waals surface area (Å²) in [7, 11) is 0. The van der Waals surface area contributed by atoms with Gasteiger partial charge < -0.3 is 4.74 Å². The highest BCUT2D eigenvalue weighted by Crippen LogP contribution is 2.31. The summed E-state index contributed by atoms with van der Waals surface area (Å²) in [6.07, 6.45) is 0. The molecule has 0 saturated carbocycles. The van der Waals surface area contributed by atoms with Gasteiger partial charge in [0.1, 0.15) is 5.75 Å². The number of alkyl halides is 3. The highest BCUT2D eigenvalue weighted by molar-refractivity contribution is 9.10. The molecule has 1 aromatic carbocycles. The molecular formula is C10H8BrClF2O2. The Morgan fingerprint density at radius 2 is 2.12 bits per heavy atom. The topological polar surface area (TPSA) is 26.3 Å². The van der Waals surface area contributed by atoms with Crippen LogP contribution in [-0.4, -0.2) is 17.8 Å². The molecule has 0 saturated heterocycles. The van der Waals surface area contributed by atoms with Crippen LogP contribution in [0.1, 0.15) is 17.3 Å². The van der Waals surface area contributed by atoms with Gasteiger partial charge in [0.2, 0.25) is 0 Å². The van der Waals surface area contributed by atoms with Gasteiger partial charge in [-0.3, -0.25) is 4.79 Å². The first-order valence-electron chi connectivity index (χ1n) is 4.35. The summed E-state index contributed by atoms with van der Waals surface area (Å²) in [4.78, 5) is 11.6. The number of halogens is 4. The van der Waals surface area contributed by atoms with Gasteiger partial charge in [-0.2, -0.15) is 8.78 Å². The quantitative estimate of drug-likeness (QED) is 0.623. The third kappa shape index (κ3) is 3.15. The van der Waals surface area contributed by atoms with Crippen molar-refractivity contribution in [1.82, 2.24) is 0 Å². The molecule has 0 spiro atoms. The van der Waals surface area contributed by atoms with E-state index in [2.05, 4.69) is 20.7 Å². The lowest BCUT2D eigenvalue weighted by atomic mass is 10.1. The third-order valence-electron chi connectivity index (χ3n) is 1.81. The smallest absolute Gasteiger partial charge is 0.387 e. The highest BCUT2D eigenvalue weighted by Gasteiger charge is 2.19. The summed E-state index contributed by atoms with van der Waals surface area (Å²) < 4.78 is 28.5. The van der Waals surface area contributed by atoms with Crippen molar-refractivity contribution < 1.29 is 18.3 Å². The van der Waals surface area contributed by atoms with E-state index in [1.165, 1.54) is 25.1 Å². The fraction of sp³-hybridized carbons (Fsp3) is 0.300. The van der Waals surface area contributed by atoms with Crippen molar-refractivity contribution in [3.8, 4) is 5.75 Å². The summed E-state index contributed by atoms with van der Waals surface area (Å²) in [5.74, 6) is -0.438. The number of benzene rings is 1. The third-order valence-corrected chi connectivity index (χ3v) is 2.82. The lowest BCUT2D eigenvalue weighted by Gasteiger charge is -2.10. The van der Waals surface area contributed by atoms with Gasteiger partial charge in [-0.05, 0) is 35.0 Å². The monoisotopic (exact) mass is 312 g/mol. The zero-order valence-electron chi connectivity index (χ0n) is 8.22. The summed E-state index contributed by atoms with van der Waals surface area (Å²) in [6, 6.07) is 4.28. The maximum Gasteiger partial charge on any atom is 0.387 e. The van der Waals surface area contributed by atoms with Crippen LogP contribution in [0.3, 0.4) is 0 Å². The second kappa shape index (κ2) is 5.59. The van der Waals surface area contributed by atoms with Gasteiger partial charge in [-0.1, -0.05) is 6.07 Å². The molecule has 0 radical (unpaired) electrons. The normalized spacial score (nSPS) is 12.6. The molecule has 0 N–H and O–H groups in total. The van der Waals surface area contributed by atoms with Gasteiger partial charge in [0.25, 0.3) is 0 Å². The first-order valence-corrected chi connectivity index (χ1v) is 5.58. The van der Waals surface area contributed by atoms with Crippen molar-refractivity contribution in [1.29, 1.82) is 0 Å². The Balaban J connectivity index is 3.08. The molecule has 0 heterocycles. The van der Waals surface area contributed by atoms with Gasteiger partial charge in [0.15, 0.2) is 5.78 Å².